The molecule has 1 saturated carbocycles. The Hall–Kier alpha value is -1.30. The van der Waals surface area contributed by atoms with Gasteiger partial charge in [-0.2, -0.15) is 8.42 Å². The van der Waals surface area contributed by atoms with Gasteiger partial charge in [-0.15, -0.1) is 11.8 Å². The predicted molar refractivity (Wildman–Crippen MR) is 107 cm³/mol. The molecule has 2 unspecified atom stereocenters. The number of thioether (sulfide) groups is 1. The third kappa shape index (κ3) is 4.51. The summed E-state index contributed by atoms with van der Waals surface area (Å²) >= 11 is 1.71. The van der Waals surface area contributed by atoms with Gasteiger partial charge in [0.05, 0.1) is 11.0 Å². The summed E-state index contributed by atoms with van der Waals surface area (Å²) in [5, 5.41) is 0. The van der Waals surface area contributed by atoms with Crippen molar-refractivity contribution in [1.82, 2.24) is 0 Å². The van der Waals surface area contributed by atoms with Gasteiger partial charge >= 0.3 is 0 Å². The second-order valence-electron chi connectivity index (χ2n) is 6.89. The Morgan fingerprint density at radius 1 is 0.962 bits per heavy atom. The Morgan fingerprint density at radius 2 is 1.65 bits per heavy atom. The van der Waals surface area contributed by atoms with Gasteiger partial charge in [0.2, 0.25) is 0 Å². The topological polar surface area (TPSA) is 43.4 Å². The van der Waals surface area contributed by atoms with Gasteiger partial charge in [-0.3, -0.25) is 4.18 Å². The van der Waals surface area contributed by atoms with Crippen LogP contribution in [0.1, 0.15) is 49.1 Å². The fourth-order valence-corrected chi connectivity index (χ4v) is 5.45. The van der Waals surface area contributed by atoms with E-state index in [4.69, 9.17) is 4.18 Å². The monoisotopic (exact) mass is 390 g/mol. The van der Waals surface area contributed by atoms with Gasteiger partial charge in [0.1, 0.15) is 0 Å². The maximum Gasteiger partial charge on any atom is 0.297 e. The summed E-state index contributed by atoms with van der Waals surface area (Å²) in [5.41, 5.74) is 2.25. The van der Waals surface area contributed by atoms with Crippen molar-refractivity contribution >= 4 is 21.9 Å². The average molecular weight is 391 g/mol. The van der Waals surface area contributed by atoms with E-state index in [1.165, 1.54) is 10.5 Å². The molecule has 0 heterocycles. The molecule has 2 aromatic carbocycles. The number of aryl methyl sites for hydroxylation is 1. The average Bonchev–Trinajstić information content (AvgIpc) is 2.87. The SMILES string of the molecule is CSc1ccccc1C1CCCCCC1OS(=O)(=O)c1ccc(C)cc1. The van der Waals surface area contributed by atoms with Crippen LogP contribution in [0.3, 0.4) is 0 Å². The van der Waals surface area contributed by atoms with E-state index in [1.807, 2.05) is 31.2 Å². The molecular formula is C21H26O3S2. The van der Waals surface area contributed by atoms with Crippen molar-refractivity contribution in [2.45, 2.75) is 60.8 Å². The normalized spacial score (nSPS) is 21.3. The van der Waals surface area contributed by atoms with Crippen LogP contribution in [0, 0.1) is 6.92 Å². The smallest absolute Gasteiger partial charge is 0.262 e. The van der Waals surface area contributed by atoms with Gasteiger partial charge in [0.15, 0.2) is 0 Å². The molecule has 0 saturated heterocycles. The van der Waals surface area contributed by atoms with E-state index in [0.29, 0.717) is 0 Å². The Kier molecular flexibility index (Phi) is 6.43. The van der Waals surface area contributed by atoms with Crippen molar-refractivity contribution in [2.24, 2.45) is 0 Å². The van der Waals surface area contributed by atoms with Crippen molar-refractivity contribution in [2.75, 3.05) is 6.26 Å². The lowest BCUT2D eigenvalue weighted by Crippen LogP contribution is -2.25. The van der Waals surface area contributed by atoms with Gasteiger partial charge in [-0.25, -0.2) is 0 Å². The zero-order valence-corrected chi connectivity index (χ0v) is 17.0. The Morgan fingerprint density at radius 3 is 2.38 bits per heavy atom. The van der Waals surface area contributed by atoms with Crippen LogP contribution in [0.15, 0.2) is 58.3 Å². The highest BCUT2D eigenvalue weighted by Crippen LogP contribution is 2.39. The van der Waals surface area contributed by atoms with E-state index in [0.717, 1.165) is 37.7 Å². The summed E-state index contributed by atoms with van der Waals surface area (Å²) in [5.74, 6) is 0.112. The molecule has 0 bridgehead atoms. The van der Waals surface area contributed by atoms with E-state index in [-0.39, 0.29) is 16.9 Å². The molecule has 0 aromatic heterocycles. The summed E-state index contributed by atoms with van der Waals surface area (Å²) in [6.45, 7) is 1.94. The third-order valence-corrected chi connectivity index (χ3v) is 7.21. The van der Waals surface area contributed by atoms with Crippen LogP contribution in [0.2, 0.25) is 0 Å². The molecule has 1 fully saturated rings. The molecule has 5 heteroatoms. The number of hydrogen-bond acceptors (Lipinski definition) is 4. The van der Waals surface area contributed by atoms with Crippen LogP contribution in [0.5, 0.6) is 0 Å². The van der Waals surface area contributed by atoms with E-state index in [2.05, 4.69) is 18.4 Å². The molecule has 2 atom stereocenters. The van der Waals surface area contributed by atoms with Crippen molar-refractivity contribution in [1.29, 1.82) is 0 Å². The van der Waals surface area contributed by atoms with Gasteiger partial charge in [0, 0.05) is 10.8 Å². The second kappa shape index (κ2) is 8.59. The Balaban J connectivity index is 1.91. The quantitative estimate of drug-likeness (QED) is 0.382. The van der Waals surface area contributed by atoms with Crippen molar-refractivity contribution in [3.8, 4) is 0 Å². The van der Waals surface area contributed by atoms with Crippen LogP contribution in [0.4, 0.5) is 0 Å². The molecule has 3 nitrogen and oxygen atoms in total. The lowest BCUT2D eigenvalue weighted by atomic mass is 9.89. The first-order valence-corrected chi connectivity index (χ1v) is 11.8. The Bertz CT molecular complexity index is 829. The van der Waals surface area contributed by atoms with Crippen LogP contribution < -0.4 is 0 Å². The summed E-state index contributed by atoms with van der Waals surface area (Å²) < 4.78 is 31.5. The third-order valence-electron chi connectivity index (χ3n) is 5.05. The highest BCUT2D eigenvalue weighted by molar-refractivity contribution is 7.98. The van der Waals surface area contributed by atoms with E-state index in [1.54, 1.807) is 23.9 Å². The fraction of sp³-hybridized carbons (Fsp3) is 0.429. The van der Waals surface area contributed by atoms with Crippen molar-refractivity contribution < 1.29 is 12.6 Å². The largest absolute Gasteiger partial charge is 0.297 e. The van der Waals surface area contributed by atoms with Gasteiger partial charge in [-0.1, -0.05) is 55.2 Å². The van der Waals surface area contributed by atoms with Gasteiger partial charge < -0.3 is 0 Å². The van der Waals surface area contributed by atoms with Crippen LogP contribution >= 0.6 is 11.8 Å². The fourth-order valence-electron chi connectivity index (χ4n) is 3.64. The maximum absolute atomic E-state index is 12.8. The highest BCUT2D eigenvalue weighted by atomic mass is 32.2. The Labute approximate surface area is 161 Å². The summed E-state index contributed by atoms with van der Waals surface area (Å²) in [6.07, 6.45) is 6.74. The minimum Gasteiger partial charge on any atom is -0.262 e. The molecule has 1 aliphatic carbocycles. The molecular weight excluding hydrogens is 364 g/mol. The molecule has 1 aliphatic rings. The molecule has 3 rings (SSSR count). The van der Waals surface area contributed by atoms with Crippen molar-refractivity contribution in [3.63, 3.8) is 0 Å². The molecule has 0 spiro atoms. The number of rotatable bonds is 5. The molecule has 0 aliphatic heterocycles. The lowest BCUT2D eigenvalue weighted by molar-refractivity contribution is 0.167. The van der Waals surface area contributed by atoms with E-state index in [9.17, 15) is 8.42 Å². The zero-order valence-electron chi connectivity index (χ0n) is 15.4. The van der Waals surface area contributed by atoms with Gasteiger partial charge in [0.25, 0.3) is 10.1 Å². The molecule has 0 radical (unpaired) electrons. The first kappa shape index (κ1) is 19.5. The standard InChI is InChI=1S/C21H26O3S2/c1-16-12-14-17(15-13-16)26(22,23)24-20-10-5-3-4-8-18(20)19-9-6-7-11-21(19)25-2/h6-7,9,11-15,18,20H,3-5,8,10H2,1-2H3. The van der Waals surface area contributed by atoms with Gasteiger partial charge in [-0.05, 0) is 49.8 Å². The van der Waals surface area contributed by atoms with Crippen LogP contribution in [0.25, 0.3) is 0 Å². The summed E-state index contributed by atoms with van der Waals surface area (Å²) in [7, 11) is -3.76. The predicted octanol–water partition coefficient (Wildman–Crippen LogP) is 5.54. The molecule has 2 aromatic rings. The zero-order chi connectivity index (χ0) is 18.6. The summed E-state index contributed by atoms with van der Waals surface area (Å²) in [4.78, 5) is 1.45. The van der Waals surface area contributed by atoms with E-state index >= 15 is 0 Å². The minimum atomic E-state index is -3.76. The highest BCUT2D eigenvalue weighted by Gasteiger charge is 2.32. The second-order valence-corrected chi connectivity index (χ2v) is 9.31. The molecule has 0 amide bonds. The van der Waals surface area contributed by atoms with Crippen molar-refractivity contribution in [3.05, 3.63) is 59.7 Å². The van der Waals surface area contributed by atoms with Crippen LogP contribution in [-0.4, -0.2) is 20.8 Å². The maximum atomic E-state index is 12.8. The number of hydrogen-bond donors (Lipinski definition) is 0. The summed E-state index contributed by atoms with van der Waals surface area (Å²) in [6, 6.07) is 15.2. The van der Waals surface area contributed by atoms with E-state index < -0.39 is 10.1 Å². The molecule has 140 valence electrons. The minimum absolute atomic E-state index is 0.112. The lowest BCUT2D eigenvalue weighted by Gasteiger charge is -2.26. The first-order valence-electron chi connectivity index (χ1n) is 9.14. The number of benzene rings is 2. The first-order chi connectivity index (χ1) is 12.5. The molecule has 0 N–H and O–H groups in total. The van der Waals surface area contributed by atoms with Crippen LogP contribution in [-0.2, 0) is 14.3 Å². The molecule has 26 heavy (non-hydrogen) atoms.